The van der Waals surface area contributed by atoms with Crippen LogP contribution in [0, 0.1) is 17.3 Å². The van der Waals surface area contributed by atoms with Crippen LogP contribution < -0.4 is 0 Å². The summed E-state index contributed by atoms with van der Waals surface area (Å²) in [5.41, 5.74) is 0.114. The monoisotopic (exact) mass is 289 g/mol. The molecule has 2 atom stereocenters. The average Bonchev–Trinajstić information content (AvgIpc) is 2.26. The Morgan fingerprint density at radius 1 is 1.10 bits per heavy atom. The van der Waals surface area contributed by atoms with E-state index in [4.69, 9.17) is 10.2 Å². The molecule has 0 spiro atoms. The maximum absolute atomic E-state index is 11.4. The van der Waals surface area contributed by atoms with E-state index >= 15 is 0 Å². The van der Waals surface area contributed by atoms with Gasteiger partial charge in [-0.3, -0.25) is 9.69 Å². The molecule has 2 unspecified atom stereocenters. The van der Waals surface area contributed by atoms with E-state index < -0.39 is 5.97 Å². The van der Waals surface area contributed by atoms with Crippen molar-refractivity contribution in [2.45, 2.75) is 40.5 Å². The molecular formula is C15H31NO4. The topological polar surface area (TPSA) is 81.0 Å². The van der Waals surface area contributed by atoms with E-state index in [1.165, 1.54) is 0 Å². The zero-order valence-corrected chi connectivity index (χ0v) is 13.3. The maximum atomic E-state index is 11.4. The van der Waals surface area contributed by atoms with Gasteiger partial charge in [-0.15, -0.1) is 0 Å². The molecule has 0 aliphatic heterocycles. The lowest BCUT2D eigenvalue weighted by molar-refractivity contribution is -0.144. The summed E-state index contributed by atoms with van der Waals surface area (Å²) >= 11 is 0. The van der Waals surface area contributed by atoms with Crippen LogP contribution in [0.15, 0.2) is 0 Å². The Hall–Kier alpha value is -0.650. The highest BCUT2D eigenvalue weighted by Crippen LogP contribution is 2.30. The van der Waals surface area contributed by atoms with Crippen molar-refractivity contribution in [3.8, 4) is 0 Å². The van der Waals surface area contributed by atoms with Crippen LogP contribution in [0.3, 0.4) is 0 Å². The van der Waals surface area contributed by atoms with E-state index in [1.807, 2.05) is 11.8 Å². The molecule has 5 heteroatoms. The van der Waals surface area contributed by atoms with Crippen molar-refractivity contribution in [2.75, 3.05) is 32.8 Å². The van der Waals surface area contributed by atoms with Gasteiger partial charge in [-0.25, -0.2) is 0 Å². The molecule has 0 aromatic carbocycles. The van der Waals surface area contributed by atoms with Crippen molar-refractivity contribution in [3.05, 3.63) is 0 Å². The van der Waals surface area contributed by atoms with Gasteiger partial charge < -0.3 is 15.3 Å². The SMILES string of the molecule is CC(CC(C)(C)C)C(CCN(CCO)CCO)C(=O)O. The number of carbonyl (C=O) groups is 1. The predicted molar refractivity (Wildman–Crippen MR) is 79.6 cm³/mol. The predicted octanol–water partition coefficient (Wildman–Crippen LogP) is 1.44. The summed E-state index contributed by atoms with van der Waals surface area (Å²) in [5, 5.41) is 27.3. The van der Waals surface area contributed by atoms with Crippen molar-refractivity contribution < 1.29 is 20.1 Å². The quantitative estimate of drug-likeness (QED) is 0.567. The molecule has 120 valence electrons. The Morgan fingerprint density at radius 3 is 1.95 bits per heavy atom. The number of carboxylic acid groups (broad SMARTS) is 1. The molecule has 0 aromatic heterocycles. The lowest BCUT2D eigenvalue weighted by Gasteiger charge is -2.29. The van der Waals surface area contributed by atoms with Gasteiger partial charge in [0.15, 0.2) is 0 Å². The zero-order valence-electron chi connectivity index (χ0n) is 13.3. The highest BCUT2D eigenvalue weighted by atomic mass is 16.4. The average molecular weight is 289 g/mol. The molecule has 0 fully saturated rings. The van der Waals surface area contributed by atoms with Gasteiger partial charge in [-0.1, -0.05) is 27.7 Å². The number of rotatable bonds is 10. The number of nitrogens with zero attached hydrogens (tertiary/aromatic N) is 1. The third-order valence-electron chi connectivity index (χ3n) is 3.53. The molecule has 0 rings (SSSR count). The van der Waals surface area contributed by atoms with E-state index in [-0.39, 0.29) is 30.5 Å². The van der Waals surface area contributed by atoms with Gasteiger partial charge in [0, 0.05) is 13.1 Å². The minimum absolute atomic E-state index is 0.0231. The molecule has 0 amide bonds. The van der Waals surface area contributed by atoms with Crippen molar-refractivity contribution in [1.82, 2.24) is 4.90 Å². The molecule has 3 N–H and O–H groups in total. The van der Waals surface area contributed by atoms with Gasteiger partial charge in [-0.05, 0) is 30.7 Å². The van der Waals surface area contributed by atoms with Crippen LogP contribution in [0.1, 0.15) is 40.5 Å². The van der Waals surface area contributed by atoms with E-state index in [0.29, 0.717) is 26.1 Å². The van der Waals surface area contributed by atoms with Gasteiger partial charge in [0.25, 0.3) is 0 Å². The van der Waals surface area contributed by atoms with Gasteiger partial charge in [0.05, 0.1) is 19.1 Å². The molecule has 0 bridgehead atoms. The lowest BCUT2D eigenvalue weighted by atomic mass is 9.78. The summed E-state index contributed by atoms with van der Waals surface area (Å²) in [6.07, 6.45) is 1.41. The van der Waals surface area contributed by atoms with Crippen LogP contribution in [0.2, 0.25) is 0 Å². The van der Waals surface area contributed by atoms with Crippen molar-refractivity contribution in [1.29, 1.82) is 0 Å². The second kappa shape index (κ2) is 9.32. The first kappa shape index (κ1) is 19.4. The zero-order chi connectivity index (χ0) is 15.8. The second-order valence-corrected chi connectivity index (χ2v) is 6.76. The fourth-order valence-electron chi connectivity index (χ4n) is 2.70. The summed E-state index contributed by atoms with van der Waals surface area (Å²) < 4.78 is 0. The normalized spacial score (nSPS) is 15.3. The molecule has 20 heavy (non-hydrogen) atoms. The Balaban J connectivity index is 4.49. The molecule has 5 nitrogen and oxygen atoms in total. The van der Waals surface area contributed by atoms with E-state index in [0.717, 1.165) is 6.42 Å². The minimum atomic E-state index is -0.755. The van der Waals surface area contributed by atoms with Gasteiger partial charge in [0.1, 0.15) is 0 Å². The third kappa shape index (κ3) is 8.51. The Morgan fingerprint density at radius 2 is 1.60 bits per heavy atom. The smallest absolute Gasteiger partial charge is 0.306 e. The molecule has 0 saturated carbocycles. The van der Waals surface area contributed by atoms with Crippen LogP contribution >= 0.6 is 0 Å². The standard InChI is InChI=1S/C15H31NO4/c1-12(11-15(2,3)4)13(14(19)20)5-6-16(7-9-17)8-10-18/h12-13,17-18H,5-11H2,1-4H3,(H,19,20). The first-order valence-electron chi connectivity index (χ1n) is 7.38. The van der Waals surface area contributed by atoms with Crippen LogP contribution in [0.5, 0.6) is 0 Å². The number of hydrogen-bond donors (Lipinski definition) is 3. The number of carboxylic acids is 1. The highest BCUT2D eigenvalue weighted by Gasteiger charge is 2.28. The van der Waals surface area contributed by atoms with E-state index in [9.17, 15) is 9.90 Å². The van der Waals surface area contributed by atoms with Gasteiger partial charge in [-0.2, -0.15) is 0 Å². The molecule has 0 saturated heterocycles. The molecule has 0 aromatic rings. The summed E-state index contributed by atoms with van der Waals surface area (Å²) in [4.78, 5) is 13.3. The largest absolute Gasteiger partial charge is 0.481 e. The van der Waals surface area contributed by atoms with E-state index in [1.54, 1.807) is 0 Å². The number of aliphatic carboxylic acids is 1. The summed E-state index contributed by atoms with van der Waals surface area (Å²) in [5.74, 6) is -1.03. The molecule has 0 heterocycles. The fraction of sp³-hybridized carbons (Fsp3) is 0.933. The van der Waals surface area contributed by atoms with Crippen molar-refractivity contribution in [3.63, 3.8) is 0 Å². The lowest BCUT2D eigenvalue weighted by Crippen LogP contribution is -2.34. The van der Waals surface area contributed by atoms with Gasteiger partial charge in [0.2, 0.25) is 0 Å². The molecule has 0 aliphatic carbocycles. The highest BCUT2D eigenvalue weighted by molar-refractivity contribution is 5.70. The second-order valence-electron chi connectivity index (χ2n) is 6.76. The third-order valence-corrected chi connectivity index (χ3v) is 3.53. The first-order chi connectivity index (χ1) is 9.21. The Bertz CT molecular complexity index is 270. The van der Waals surface area contributed by atoms with Crippen LogP contribution in [0.4, 0.5) is 0 Å². The van der Waals surface area contributed by atoms with Crippen molar-refractivity contribution in [2.24, 2.45) is 17.3 Å². The minimum Gasteiger partial charge on any atom is -0.481 e. The Labute approximate surface area is 122 Å². The summed E-state index contributed by atoms with van der Waals surface area (Å²) in [7, 11) is 0. The number of hydrogen-bond acceptors (Lipinski definition) is 4. The summed E-state index contributed by atoms with van der Waals surface area (Å²) in [6.45, 7) is 9.93. The summed E-state index contributed by atoms with van der Waals surface area (Å²) in [6, 6.07) is 0. The van der Waals surface area contributed by atoms with Crippen LogP contribution in [0.25, 0.3) is 0 Å². The number of aliphatic hydroxyl groups excluding tert-OH is 2. The fourth-order valence-corrected chi connectivity index (χ4v) is 2.70. The van der Waals surface area contributed by atoms with Crippen LogP contribution in [-0.4, -0.2) is 59.0 Å². The van der Waals surface area contributed by atoms with E-state index in [2.05, 4.69) is 20.8 Å². The maximum Gasteiger partial charge on any atom is 0.306 e. The van der Waals surface area contributed by atoms with Crippen molar-refractivity contribution >= 4 is 5.97 Å². The number of aliphatic hydroxyl groups is 2. The first-order valence-corrected chi connectivity index (χ1v) is 7.38. The molecule has 0 aliphatic rings. The van der Waals surface area contributed by atoms with Crippen LogP contribution in [-0.2, 0) is 4.79 Å². The molecular weight excluding hydrogens is 258 g/mol. The van der Waals surface area contributed by atoms with Gasteiger partial charge >= 0.3 is 5.97 Å². The Kier molecular flexibility index (Phi) is 9.01. The molecule has 0 radical (unpaired) electrons.